The zero-order valence-electron chi connectivity index (χ0n) is 14.6. The van der Waals surface area contributed by atoms with E-state index in [0.29, 0.717) is 6.42 Å². The molecule has 0 saturated carbocycles. The SMILES string of the molecule is CCCCCCCCCCCCCC(CC(C)O)[P+](C)=O. The van der Waals surface area contributed by atoms with E-state index in [0.717, 1.165) is 6.42 Å². The van der Waals surface area contributed by atoms with E-state index in [1.165, 1.54) is 70.6 Å². The Morgan fingerprint density at radius 2 is 1.29 bits per heavy atom. The molecule has 0 aromatic rings. The number of rotatable bonds is 15. The predicted octanol–water partition coefficient (Wildman–Crippen LogP) is 6.28. The van der Waals surface area contributed by atoms with Crippen molar-refractivity contribution < 1.29 is 9.67 Å². The first-order valence-corrected chi connectivity index (χ1v) is 10.9. The predicted molar refractivity (Wildman–Crippen MR) is 94.7 cm³/mol. The van der Waals surface area contributed by atoms with E-state index >= 15 is 0 Å². The topological polar surface area (TPSA) is 37.3 Å². The number of aliphatic hydroxyl groups is 1. The lowest BCUT2D eigenvalue weighted by Crippen LogP contribution is -2.11. The minimum absolute atomic E-state index is 0.221. The van der Waals surface area contributed by atoms with E-state index in [1.807, 2.05) is 0 Å². The Morgan fingerprint density at radius 1 is 0.857 bits per heavy atom. The quantitative estimate of drug-likeness (QED) is 0.285. The molecule has 0 spiro atoms. The highest BCUT2D eigenvalue weighted by Gasteiger charge is 2.25. The Labute approximate surface area is 133 Å². The van der Waals surface area contributed by atoms with Crippen LogP contribution in [0.25, 0.3) is 0 Å². The van der Waals surface area contributed by atoms with Gasteiger partial charge in [-0.2, -0.15) is 0 Å². The van der Waals surface area contributed by atoms with Gasteiger partial charge < -0.3 is 5.11 Å². The minimum Gasteiger partial charge on any atom is -0.393 e. The Hall–Kier alpha value is 0.0600. The summed E-state index contributed by atoms with van der Waals surface area (Å²) in [4.78, 5) is 0. The molecule has 0 fully saturated rings. The highest BCUT2D eigenvalue weighted by Crippen LogP contribution is 2.31. The van der Waals surface area contributed by atoms with Gasteiger partial charge >= 0.3 is 7.80 Å². The number of hydrogen-bond donors (Lipinski definition) is 1. The summed E-state index contributed by atoms with van der Waals surface area (Å²) in [6.45, 7) is 5.87. The third kappa shape index (κ3) is 14.8. The standard InChI is InChI=1S/C18H38O2P/c1-4-5-6-7-8-9-10-11-12-13-14-15-18(21(3)20)16-17(2)19/h17-19H,4-16H2,1-3H3/q+1. The Balaban J connectivity index is 3.36. The van der Waals surface area contributed by atoms with Crippen LogP contribution in [0.4, 0.5) is 0 Å². The molecule has 3 atom stereocenters. The summed E-state index contributed by atoms with van der Waals surface area (Å²) < 4.78 is 11.6. The van der Waals surface area contributed by atoms with Gasteiger partial charge in [-0.15, -0.1) is 0 Å². The van der Waals surface area contributed by atoms with Gasteiger partial charge in [0.2, 0.25) is 0 Å². The van der Waals surface area contributed by atoms with Gasteiger partial charge in [-0.05, 0) is 19.8 Å². The molecule has 21 heavy (non-hydrogen) atoms. The zero-order valence-corrected chi connectivity index (χ0v) is 15.5. The van der Waals surface area contributed by atoms with Crippen molar-refractivity contribution in [3.63, 3.8) is 0 Å². The molecule has 1 N–H and O–H groups in total. The largest absolute Gasteiger partial charge is 0.393 e. The summed E-state index contributed by atoms with van der Waals surface area (Å²) in [5, 5.41) is 9.42. The molecule has 0 radical (unpaired) electrons. The smallest absolute Gasteiger partial charge is 0.338 e. The number of aliphatic hydroxyl groups excluding tert-OH is 1. The molecule has 2 nitrogen and oxygen atoms in total. The molecule has 0 aliphatic carbocycles. The molecule has 126 valence electrons. The van der Waals surface area contributed by atoms with Crippen LogP contribution in [0.3, 0.4) is 0 Å². The average Bonchev–Trinajstić information content (AvgIpc) is 2.42. The highest BCUT2D eigenvalue weighted by molar-refractivity contribution is 7.44. The fourth-order valence-corrected chi connectivity index (χ4v) is 4.03. The highest BCUT2D eigenvalue weighted by atomic mass is 31.1. The van der Waals surface area contributed by atoms with Gasteiger partial charge in [0.1, 0.15) is 6.66 Å². The van der Waals surface area contributed by atoms with Crippen LogP contribution in [0.2, 0.25) is 0 Å². The van der Waals surface area contributed by atoms with Crippen LogP contribution in [-0.2, 0) is 4.57 Å². The second kappa shape index (κ2) is 15.0. The van der Waals surface area contributed by atoms with Gasteiger partial charge in [-0.1, -0.05) is 75.7 Å². The monoisotopic (exact) mass is 317 g/mol. The van der Waals surface area contributed by atoms with E-state index in [2.05, 4.69) is 6.92 Å². The fraction of sp³-hybridized carbons (Fsp3) is 1.00. The van der Waals surface area contributed by atoms with Crippen LogP contribution >= 0.6 is 7.80 Å². The molecule has 0 saturated heterocycles. The third-order valence-electron chi connectivity index (χ3n) is 4.27. The number of unbranched alkanes of at least 4 members (excludes halogenated alkanes) is 10. The maximum atomic E-state index is 11.6. The molecular weight excluding hydrogens is 279 g/mol. The zero-order chi connectivity index (χ0) is 15.9. The van der Waals surface area contributed by atoms with E-state index in [4.69, 9.17) is 0 Å². The van der Waals surface area contributed by atoms with Crippen LogP contribution in [0, 0.1) is 0 Å². The van der Waals surface area contributed by atoms with Gasteiger partial charge in [0.15, 0.2) is 5.66 Å². The minimum atomic E-state index is -1.14. The third-order valence-corrected chi connectivity index (χ3v) is 5.77. The molecule has 3 heteroatoms. The van der Waals surface area contributed by atoms with Crippen molar-refractivity contribution in [2.24, 2.45) is 0 Å². The van der Waals surface area contributed by atoms with E-state index in [1.54, 1.807) is 13.6 Å². The molecule has 0 rings (SSSR count). The molecule has 0 aromatic carbocycles. The lowest BCUT2D eigenvalue weighted by Gasteiger charge is -2.08. The van der Waals surface area contributed by atoms with Gasteiger partial charge in [0.05, 0.1) is 6.10 Å². The lowest BCUT2D eigenvalue weighted by atomic mass is 10.0. The molecule has 0 aliphatic heterocycles. The normalized spacial score (nSPS) is 15.0. The molecule has 3 unspecified atom stereocenters. The van der Waals surface area contributed by atoms with Crippen molar-refractivity contribution in [1.82, 2.24) is 0 Å². The van der Waals surface area contributed by atoms with Crippen LogP contribution in [0.5, 0.6) is 0 Å². The fourth-order valence-electron chi connectivity index (χ4n) is 2.89. The summed E-state index contributed by atoms with van der Waals surface area (Å²) in [6, 6.07) is 0. The first kappa shape index (κ1) is 21.1. The summed E-state index contributed by atoms with van der Waals surface area (Å²) in [7, 11) is -1.14. The lowest BCUT2D eigenvalue weighted by molar-refractivity contribution is 0.181. The van der Waals surface area contributed by atoms with Gasteiger partial charge in [0, 0.05) is 6.42 Å². The summed E-state index contributed by atoms with van der Waals surface area (Å²) in [5.41, 5.74) is 0.221. The van der Waals surface area contributed by atoms with Gasteiger partial charge in [-0.3, -0.25) is 0 Å². The first-order chi connectivity index (χ1) is 10.1. The van der Waals surface area contributed by atoms with Crippen LogP contribution in [0.1, 0.15) is 97.3 Å². The maximum absolute atomic E-state index is 11.6. The molecular formula is C18H38O2P+. The van der Waals surface area contributed by atoms with Crippen molar-refractivity contribution in [1.29, 1.82) is 0 Å². The molecule has 0 bridgehead atoms. The Kier molecular flexibility index (Phi) is 15.0. The molecule has 0 amide bonds. The van der Waals surface area contributed by atoms with Gasteiger partial charge in [-0.25, -0.2) is 0 Å². The van der Waals surface area contributed by atoms with E-state index in [9.17, 15) is 9.67 Å². The van der Waals surface area contributed by atoms with Crippen molar-refractivity contribution in [3.8, 4) is 0 Å². The maximum Gasteiger partial charge on any atom is 0.338 e. The average molecular weight is 317 g/mol. The van der Waals surface area contributed by atoms with E-state index in [-0.39, 0.29) is 11.8 Å². The second-order valence-corrected chi connectivity index (χ2v) is 8.43. The van der Waals surface area contributed by atoms with Crippen LogP contribution in [-0.4, -0.2) is 23.5 Å². The van der Waals surface area contributed by atoms with Crippen molar-refractivity contribution in [3.05, 3.63) is 0 Å². The Morgan fingerprint density at radius 3 is 1.67 bits per heavy atom. The molecule has 0 aliphatic rings. The molecule has 0 aromatic heterocycles. The van der Waals surface area contributed by atoms with Crippen molar-refractivity contribution >= 4 is 7.80 Å². The summed E-state index contributed by atoms with van der Waals surface area (Å²) in [5.74, 6) is 0. The summed E-state index contributed by atoms with van der Waals surface area (Å²) in [6.07, 6.45) is 16.2. The Bertz CT molecular complexity index is 241. The summed E-state index contributed by atoms with van der Waals surface area (Å²) >= 11 is 0. The molecule has 0 heterocycles. The first-order valence-electron chi connectivity index (χ1n) is 9.16. The van der Waals surface area contributed by atoms with Crippen molar-refractivity contribution in [2.45, 2.75) is 109 Å². The van der Waals surface area contributed by atoms with Gasteiger partial charge in [0.25, 0.3) is 0 Å². The van der Waals surface area contributed by atoms with E-state index < -0.39 is 7.80 Å². The van der Waals surface area contributed by atoms with Crippen LogP contribution < -0.4 is 0 Å². The number of hydrogen-bond acceptors (Lipinski definition) is 2. The van der Waals surface area contributed by atoms with Crippen LogP contribution in [0.15, 0.2) is 0 Å². The second-order valence-electron chi connectivity index (χ2n) is 6.61. The van der Waals surface area contributed by atoms with Crippen molar-refractivity contribution in [2.75, 3.05) is 6.66 Å².